The minimum atomic E-state index is -0.258. The molecule has 6 heteroatoms. The molecular weight excluding hydrogens is 316 g/mol. The number of nitrogens with one attached hydrogen (secondary N) is 2. The summed E-state index contributed by atoms with van der Waals surface area (Å²) >= 11 is 0. The number of anilines is 1. The summed E-state index contributed by atoms with van der Waals surface area (Å²) < 4.78 is 5.19. The predicted octanol–water partition coefficient (Wildman–Crippen LogP) is 3.04. The first-order valence-electron chi connectivity index (χ1n) is 8.23. The van der Waals surface area contributed by atoms with Crippen LogP contribution in [0.15, 0.2) is 65.4 Å². The van der Waals surface area contributed by atoms with Gasteiger partial charge in [0.2, 0.25) is 5.95 Å². The van der Waals surface area contributed by atoms with Crippen LogP contribution in [0.5, 0.6) is 0 Å². The molecule has 0 saturated heterocycles. The molecule has 2 aromatic heterocycles. The molecule has 0 radical (unpaired) electrons. The van der Waals surface area contributed by atoms with Gasteiger partial charge >= 0.3 is 0 Å². The Bertz CT molecular complexity index is 788. The molecule has 0 aliphatic carbocycles. The molecule has 25 heavy (non-hydrogen) atoms. The summed E-state index contributed by atoms with van der Waals surface area (Å²) in [5.41, 5.74) is 1.63. The summed E-state index contributed by atoms with van der Waals surface area (Å²) in [6, 6.07) is 15.5. The summed E-state index contributed by atoms with van der Waals surface area (Å²) in [6.07, 6.45) is 5.09. The largest absolute Gasteiger partial charge is 0.467 e. The van der Waals surface area contributed by atoms with Gasteiger partial charge in [-0.15, -0.1) is 0 Å². The smallest absolute Gasteiger partial charge is 0.270 e. The zero-order chi connectivity index (χ0) is 17.3. The molecule has 0 unspecified atom stereocenters. The highest BCUT2D eigenvalue weighted by Gasteiger charge is 2.09. The van der Waals surface area contributed by atoms with E-state index in [0.29, 0.717) is 23.9 Å². The van der Waals surface area contributed by atoms with Gasteiger partial charge in [0.15, 0.2) is 0 Å². The van der Waals surface area contributed by atoms with Crippen molar-refractivity contribution in [3.05, 3.63) is 78.0 Å². The second-order valence-corrected chi connectivity index (χ2v) is 5.54. The standard InChI is InChI=1S/C19H20N4O2/c24-18(22-14-16-9-5-13-25-16)17-10-12-21-19(23-17)20-11-4-8-15-6-2-1-3-7-15/h1-3,5-7,9-10,12-13H,4,8,11,14H2,(H,22,24)(H,20,21,23). The van der Waals surface area contributed by atoms with Crippen LogP contribution in [0.2, 0.25) is 0 Å². The number of aromatic nitrogens is 2. The minimum absolute atomic E-state index is 0.258. The van der Waals surface area contributed by atoms with Crippen LogP contribution in [0.3, 0.4) is 0 Å². The number of rotatable bonds is 8. The first-order chi connectivity index (χ1) is 12.3. The third kappa shape index (κ3) is 5.17. The normalized spacial score (nSPS) is 10.4. The van der Waals surface area contributed by atoms with E-state index in [9.17, 15) is 4.79 Å². The fraction of sp³-hybridized carbons (Fsp3) is 0.211. The quantitative estimate of drug-likeness (QED) is 0.618. The topological polar surface area (TPSA) is 80.0 Å². The fourth-order valence-corrected chi connectivity index (χ4v) is 2.38. The van der Waals surface area contributed by atoms with Crippen molar-refractivity contribution in [1.29, 1.82) is 0 Å². The van der Waals surface area contributed by atoms with Crippen LogP contribution < -0.4 is 10.6 Å². The third-order valence-electron chi connectivity index (χ3n) is 3.66. The molecule has 2 heterocycles. The van der Waals surface area contributed by atoms with Crippen molar-refractivity contribution in [2.24, 2.45) is 0 Å². The molecule has 0 saturated carbocycles. The van der Waals surface area contributed by atoms with Gasteiger partial charge in [0.1, 0.15) is 11.5 Å². The second kappa shape index (κ2) is 8.63. The van der Waals surface area contributed by atoms with E-state index in [0.717, 1.165) is 19.4 Å². The first kappa shape index (κ1) is 16.7. The van der Waals surface area contributed by atoms with Crippen molar-refractivity contribution < 1.29 is 9.21 Å². The summed E-state index contributed by atoms with van der Waals surface area (Å²) in [7, 11) is 0. The van der Waals surface area contributed by atoms with Crippen LogP contribution in [0, 0.1) is 0 Å². The number of furan rings is 1. The van der Waals surface area contributed by atoms with Gasteiger partial charge < -0.3 is 15.1 Å². The molecule has 6 nitrogen and oxygen atoms in total. The summed E-state index contributed by atoms with van der Waals surface area (Å²) in [5.74, 6) is 0.895. The van der Waals surface area contributed by atoms with Crippen molar-refractivity contribution in [2.75, 3.05) is 11.9 Å². The Kier molecular flexibility index (Phi) is 5.77. The van der Waals surface area contributed by atoms with Crippen molar-refractivity contribution >= 4 is 11.9 Å². The highest BCUT2D eigenvalue weighted by molar-refractivity contribution is 5.92. The highest BCUT2D eigenvalue weighted by atomic mass is 16.3. The van der Waals surface area contributed by atoms with Crippen molar-refractivity contribution in [3.8, 4) is 0 Å². The van der Waals surface area contributed by atoms with Gasteiger partial charge in [0.05, 0.1) is 12.8 Å². The van der Waals surface area contributed by atoms with Gasteiger partial charge in [-0.3, -0.25) is 4.79 Å². The Morgan fingerprint density at radius 2 is 1.96 bits per heavy atom. The Hall–Kier alpha value is -3.15. The minimum Gasteiger partial charge on any atom is -0.467 e. The molecule has 2 N–H and O–H groups in total. The second-order valence-electron chi connectivity index (χ2n) is 5.54. The van der Waals surface area contributed by atoms with Crippen molar-refractivity contribution in [2.45, 2.75) is 19.4 Å². The number of benzene rings is 1. The Morgan fingerprint density at radius 3 is 2.76 bits per heavy atom. The first-order valence-corrected chi connectivity index (χ1v) is 8.23. The van der Waals surface area contributed by atoms with Gasteiger partial charge in [-0.2, -0.15) is 0 Å². The monoisotopic (exact) mass is 336 g/mol. The molecule has 0 aliphatic heterocycles. The molecule has 0 spiro atoms. The number of nitrogens with zero attached hydrogens (tertiary/aromatic N) is 2. The number of aryl methyl sites for hydroxylation is 1. The number of carbonyl (C=O) groups is 1. The number of hydrogen-bond donors (Lipinski definition) is 2. The number of carbonyl (C=O) groups excluding carboxylic acids is 1. The maximum Gasteiger partial charge on any atom is 0.270 e. The number of amides is 1. The van der Waals surface area contributed by atoms with Gasteiger partial charge in [0.25, 0.3) is 5.91 Å². The molecule has 1 amide bonds. The molecule has 3 rings (SSSR count). The van der Waals surface area contributed by atoms with E-state index in [-0.39, 0.29) is 5.91 Å². The van der Waals surface area contributed by atoms with Crippen LogP contribution in [-0.2, 0) is 13.0 Å². The zero-order valence-electron chi connectivity index (χ0n) is 13.8. The average molecular weight is 336 g/mol. The third-order valence-corrected chi connectivity index (χ3v) is 3.66. The number of hydrogen-bond acceptors (Lipinski definition) is 5. The average Bonchev–Trinajstić information content (AvgIpc) is 3.18. The van der Waals surface area contributed by atoms with E-state index >= 15 is 0 Å². The van der Waals surface area contributed by atoms with Crippen LogP contribution in [0.4, 0.5) is 5.95 Å². The summed E-state index contributed by atoms with van der Waals surface area (Å²) in [5, 5.41) is 5.93. The molecule has 0 atom stereocenters. The van der Waals surface area contributed by atoms with Crippen LogP contribution in [-0.4, -0.2) is 22.4 Å². The Balaban J connectivity index is 1.46. The molecule has 1 aromatic carbocycles. The zero-order valence-corrected chi connectivity index (χ0v) is 13.8. The molecular formula is C19H20N4O2. The Morgan fingerprint density at radius 1 is 1.08 bits per heavy atom. The van der Waals surface area contributed by atoms with Crippen LogP contribution in [0.25, 0.3) is 0 Å². The molecule has 3 aromatic rings. The lowest BCUT2D eigenvalue weighted by molar-refractivity contribution is 0.0943. The van der Waals surface area contributed by atoms with E-state index in [4.69, 9.17) is 4.42 Å². The lowest BCUT2D eigenvalue weighted by Gasteiger charge is -2.07. The molecule has 0 aliphatic rings. The van der Waals surface area contributed by atoms with Gasteiger partial charge in [-0.05, 0) is 36.6 Å². The van der Waals surface area contributed by atoms with Gasteiger partial charge in [0, 0.05) is 12.7 Å². The van der Waals surface area contributed by atoms with E-state index in [1.54, 1.807) is 30.7 Å². The maximum atomic E-state index is 12.1. The SMILES string of the molecule is O=C(NCc1ccco1)c1ccnc(NCCCc2ccccc2)n1. The lowest BCUT2D eigenvalue weighted by atomic mass is 10.1. The van der Waals surface area contributed by atoms with Gasteiger partial charge in [-0.25, -0.2) is 9.97 Å². The fourth-order valence-electron chi connectivity index (χ4n) is 2.38. The molecule has 0 bridgehead atoms. The van der Waals surface area contributed by atoms with Crippen molar-refractivity contribution in [1.82, 2.24) is 15.3 Å². The van der Waals surface area contributed by atoms with E-state index < -0.39 is 0 Å². The van der Waals surface area contributed by atoms with E-state index in [1.807, 2.05) is 18.2 Å². The predicted molar refractivity (Wildman–Crippen MR) is 95.2 cm³/mol. The van der Waals surface area contributed by atoms with Crippen molar-refractivity contribution in [3.63, 3.8) is 0 Å². The Labute approximate surface area is 146 Å². The van der Waals surface area contributed by atoms with E-state index in [2.05, 4.69) is 32.7 Å². The maximum absolute atomic E-state index is 12.1. The summed E-state index contributed by atoms with van der Waals surface area (Å²) in [6.45, 7) is 1.07. The lowest BCUT2D eigenvalue weighted by Crippen LogP contribution is -2.24. The molecule has 128 valence electrons. The van der Waals surface area contributed by atoms with E-state index in [1.165, 1.54) is 5.56 Å². The summed E-state index contributed by atoms with van der Waals surface area (Å²) in [4.78, 5) is 20.5. The van der Waals surface area contributed by atoms with Crippen LogP contribution >= 0.6 is 0 Å². The van der Waals surface area contributed by atoms with Gasteiger partial charge in [-0.1, -0.05) is 30.3 Å². The highest BCUT2D eigenvalue weighted by Crippen LogP contribution is 2.05. The van der Waals surface area contributed by atoms with Crippen LogP contribution in [0.1, 0.15) is 28.2 Å². The molecule has 0 fully saturated rings.